The molecule has 1 spiro atoms. The molecule has 1 N–H and O–H groups in total. The number of carbonyl (C=O) groups excluding carboxylic acids is 1. The van der Waals surface area contributed by atoms with Gasteiger partial charge in [-0.2, -0.15) is 0 Å². The molecule has 170 valence electrons. The van der Waals surface area contributed by atoms with Crippen LogP contribution in [0.2, 0.25) is 0 Å². The number of ether oxygens (including phenoxy) is 1. The Kier molecular flexibility index (Phi) is 4.74. The zero-order valence-corrected chi connectivity index (χ0v) is 19.3. The summed E-state index contributed by atoms with van der Waals surface area (Å²) in [6.45, 7) is 4.12. The Labute approximate surface area is 195 Å². The molecule has 1 amide bonds. The van der Waals surface area contributed by atoms with Crippen molar-refractivity contribution in [1.82, 2.24) is 19.9 Å². The predicted octanol–water partition coefficient (Wildman–Crippen LogP) is 4.41. The summed E-state index contributed by atoms with van der Waals surface area (Å²) < 4.78 is 20.3. The fraction of sp³-hybridized carbons (Fsp3) is 0.417. The van der Waals surface area contributed by atoms with Crippen LogP contribution in [0, 0.1) is 12.7 Å². The molecule has 9 heteroatoms. The zero-order valence-electron chi connectivity index (χ0n) is 18.5. The van der Waals surface area contributed by atoms with E-state index in [9.17, 15) is 9.18 Å². The van der Waals surface area contributed by atoms with Gasteiger partial charge in [0.2, 0.25) is 5.95 Å². The summed E-state index contributed by atoms with van der Waals surface area (Å²) in [5, 5.41) is 3.08. The maximum absolute atomic E-state index is 14.9. The van der Waals surface area contributed by atoms with Crippen molar-refractivity contribution in [2.45, 2.75) is 37.5 Å². The Morgan fingerprint density at radius 3 is 2.82 bits per heavy atom. The fourth-order valence-electron chi connectivity index (χ4n) is 4.91. The van der Waals surface area contributed by atoms with E-state index in [1.54, 1.807) is 4.90 Å². The van der Waals surface area contributed by atoms with Gasteiger partial charge in [0.15, 0.2) is 5.82 Å². The molecule has 2 aliphatic heterocycles. The molecular formula is C24H24FN5O2S. The van der Waals surface area contributed by atoms with Gasteiger partial charge in [-0.1, -0.05) is 6.07 Å². The molecule has 1 saturated carbocycles. The number of anilines is 2. The average Bonchev–Trinajstić information content (AvgIpc) is 3.20. The van der Waals surface area contributed by atoms with Crippen LogP contribution in [0.1, 0.15) is 51.5 Å². The first-order valence-electron chi connectivity index (χ1n) is 11.2. The van der Waals surface area contributed by atoms with E-state index in [0.29, 0.717) is 16.6 Å². The summed E-state index contributed by atoms with van der Waals surface area (Å²) in [6, 6.07) is 3.90. The van der Waals surface area contributed by atoms with Gasteiger partial charge in [-0.15, -0.1) is 11.3 Å². The smallest absolute Gasteiger partial charge is 0.255 e. The van der Waals surface area contributed by atoms with Crippen LogP contribution in [-0.2, 0) is 10.2 Å². The summed E-state index contributed by atoms with van der Waals surface area (Å²) in [6.07, 6.45) is 6.13. The molecule has 33 heavy (non-hydrogen) atoms. The summed E-state index contributed by atoms with van der Waals surface area (Å²) >= 11 is 1.50. The standard InChI is InChI=1S/C24H24FN5O2S/c1-13-18-21(24(6-7-24)12-30(2)22(18)31)33-20(13)19-16(25)10-27-23(29-19)28-17-4-3-14(9-26-17)15-5-8-32-11-15/h3-4,9-10,15H,5-8,11-12H2,1-2H3,(H,26,27,28,29). The first-order valence-corrected chi connectivity index (χ1v) is 12.0. The molecule has 0 aromatic carbocycles. The molecule has 1 unspecified atom stereocenters. The number of thiophene rings is 1. The van der Waals surface area contributed by atoms with Gasteiger partial charge in [-0.3, -0.25) is 4.79 Å². The van der Waals surface area contributed by atoms with Crippen LogP contribution in [-0.4, -0.2) is 52.6 Å². The average molecular weight is 466 g/mol. The molecule has 0 radical (unpaired) electrons. The number of likely N-dealkylation sites (N-methyl/N-ethyl adjacent to an activating group) is 1. The molecule has 6 rings (SSSR count). The summed E-state index contributed by atoms with van der Waals surface area (Å²) in [4.78, 5) is 29.5. The van der Waals surface area contributed by atoms with Gasteiger partial charge in [-0.05, 0) is 43.4 Å². The van der Waals surface area contributed by atoms with Crippen molar-refractivity contribution in [3.63, 3.8) is 0 Å². The van der Waals surface area contributed by atoms with Gasteiger partial charge in [0.1, 0.15) is 11.5 Å². The molecule has 3 aromatic rings. The normalized spacial score (nSPS) is 20.9. The molecule has 1 saturated heterocycles. The summed E-state index contributed by atoms with van der Waals surface area (Å²) in [5.41, 5.74) is 2.91. The molecule has 3 aliphatic rings. The minimum atomic E-state index is -0.502. The summed E-state index contributed by atoms with van der Waals surface area (Å²) in [5.74, 6) is 0.742. The van der Waals surface area contributed by atoms with E-state index in [0.717, 1.165) is 60.6 Å². The van der Waals surface area contributed by atoms with Crippen molar-refractivity contribution in [3.05, 3.63) is 51.9 Å². The van der Waals surface area contributed by atoms with E-state index in [1.165, 1.54) is 17.5 Å². The minimum Gasteiger partial charge on any atom is -0.381 e. The Hall–Kier alpha value is -2.91. The number of nitrogens with one attached hydrogen (secondary N) is 1. The van der Waals surface area contributed by atoms with Crippen LogP contribution in [0.5, 0.6) is 0 Å². The molecule has 5 heterocycles. The second kappa shape index (κ2) is 7.56. The maximum atomic E-state index is 14.9. The number of halogens is 1. The molecule has 2 fully saturated rings. The fourth-order valence-corrected chi connectivity index (χ4v) is 6.44. The van der Waals surface area contributed by atoms with Gasteiger partial charge >= 0.3 is 0 Å². The topological polar surface area (TPSA) is 80.2 Å². The number of pyridine rings is 1. The highest BCUT2D eigenvalue weighted by atomic mass is 32.1. The molecule has 0 bridgehead atoms. The van der Waals surface area contributed by atoms with E-state index in [4.69, 9.17) is 4.74 Å². The quantitative estimate of drug-likeness (QED) is 0.615. The van der Waals surface area contributed by atoms with Crippen LogP contribution in [0.4, 0.5) is 16.2 Å². The second-order valence-corrected chi connectivity index (χ2v) is 10.3. The van der Waals surface area contributed by atoms with Crippen molar-refractivity contribution in [2.75, 3.05) is 32.1 Å². The van der Waals surface area contributed by atoms with Crippen LogP contribution in [0.3, 0.4) is 0 Å². The molecule has 1 atom stereocenters. The lowest BCUT2D eigenvalue weighted by Crippen LogP contribution is -2.40. The number of amides is 1. The Balaban J connectivity index is 1.32. The van der Waals surface area contributed by atoms with E-state index < -0.39 is 5.82 Å². The van der Waals surface area contributed by atoms with Crippen LogP contribution in [0.25, 0.3) is 10.6 Å². The van der Waals surface area contributed by atoms with Gasteiger partial charge in [0, 0.05) is 42.6 Å². The minimum absolute atomic E-state index is 0.00675. The number of hydrogen-bond acceptors (Lipinski definition) is 7. The second-order valence-electron chi connectivity index (χ2n) is 9.25. The van der Waals surface area contributed by atoms with Gasteiger partial charge in [0.05, 0.1) is 23.2 Å². The first kappa shape index (κ1) is 20.7. The van der Waals surface area contributed by atoms with Crippen LogP contribution >= 0.6 is 11.3 Å². The molecule has 7 nitrogen and oxygen atoms in total. The lowest BCUT2D eigenvalue weighted by Gasteiger charge is -2.30. The van der Waals surface area contributed by atoms with E-state index in [-0.39, 0.29) is 23.0 Å². The number of fused-ring (bicyclic) bond motifs is 2. The van der Waals surface area contributed by atoms with Crippen molar-refractivity contribution >= 4 is 29.0 Å². The molecular weight excluding hydrogens is 441 g/mol. The SMILES string of the molecule is Cc1c(-c2nc(Nc3ccc(C4CCOC4)cn3)ncc2F)sc2c1C(=O)N(C)CC21CC1. The van der Waals surface area contributed by atoms with Crippen molar-refractivity contribution in [1.29, 1.82) is 0 Å². The third-order valence-electron chi connectivity index (χ3n) is 6.97. The third kappa shape index (κ3) is 3.41. The Bertz CT molecular complexity index is 1250. The number of carbonyl (C=O) groups is 1. The van der Waals surface area contributed by atoms with Gasteiger partial charge < -0.3 is 15.0 Å². The number of nitrogens with zero attached hydrogens (tertiary/aromatic N) is 4. The zero-order chi connectivity index (χ0) is 22.7. The number of rotatable bonds is 4. The van der Waals surface area contributed by atoms with Crippen molar-refractivity contribution < 1.29 is 13.9 Å². The van der Waals surface area contributed by atoms with Gasteiger partial charge in [-0.25, -0.2) is 19.3 Å². The lowest BCUT2D eigenvalue weighted by molar-refractivity contribution is 0.0760. The lowest BCUT2D eigenvalue weighted by atomic mass is 9.92. The Morgan fingerprint density at radius 2 is 2.12 bits per heavy atom. The predicted molar refractivity (Wildman–Crippen MR) is 124 cm³/mol. The van der Waals surface area contributed by atoms with Crippen molar-refractivity contribution in [2.24, 2.45) is 0 Å². The Morgan fingerprint density at radius 1 is 1.27 bits per heavy atom. The highest BCUT2D eigenvalue weighted by molar-refractivity contribution is 7.16. The first-order chi connectivity index (χ1) is 15.9. The molecule has 1 aliphatic carbocycles. The largest absolute Gasteiger partial charge is 0.381 e. The monoisotopic (exact) mass is 465 g/mol. The van der Waals surface area contributed by atoms with E-state index in [2.05, 4.69) is 20.3 Å². The highest BCUT2D eigenvalue weighted by Gasteiger charge is 2.53. The van der Waals surface area contributed by atoms with Crippen LogP contribution < -0.4 is 5.32 Å². The number of aromatic nitrogens is 3. The van der Waals surface area contributed by atoms with E-state index >= 15 is 0 Å². The number of hydrogen-bond donors (Lipinski definition) is 1. The van der Waals surface area contributed by atoms with Crippen LogP contribution in [0.15, 0.2) is 24.5 Å². The maximum Gasteiger partial charge on any atom is 0.255 e. The highest BCUT2D eigenvalue weighted by Crippen LogP contribution is 2.57. The van der Waals surface area contributed by atoms with Crippen molar-refractivity contribution in [3.8, 4) is 10.6 Å². The van der Waals surface area contributed by atoms with Gasteiger partial charge in [0.25, 0.3) is 5.91 Å². The third-order valence-corrected chi connectivity index (χ3v) is 8.51. The summed E-state index contributed by atoms with van der Waals surface area (Å²) in [7, 11) is 1.84. The van der Waals surface area contributed by atoms with E-state index in [1.807, 2.05) is 32.3 Å². The molecule has 3 aromatic heterocycles.